The van der Waals surface area contributed by atoms with Crippen LogP contribution in [0.2, 0.25) is 0 Å². The summed E-state index contributed by atoms with van der Waals surface area (Å²) >= 11 is 0. The van der Waals surface area contributed by atoms with Crippen LogP contribution in [0.25, 0.3) is 0 Å². The van der Waals surface area contributed by atoms with E-state index in [1.807, 2.05) is 0 Å². The monoisotopic (exact) mass is 253 g/mol. The molecular weight excluding hydrogens is 237 g/mol. The van der Waals surface area contributed by atoms with Gasteiger partial charge in [-0.15, -0.1) is 0 Å². The predicted molar refractivity (Wildman–Crippen MR) is 64.6 cm³/mol. The summed E-state index contributed by atoms with van der Waals surface area (Å²) in [5.41, 5.74) is 1.87. The van der Waals surface area contributed by atoms with Crippen molar-refractivity contribution in [2.45, 2.75) is 33.2 Å². The van der Waals surface area contributed by atoms with Crippen molar-refractivity contribution in [2.24, 2.45) is 0 Å². The largest absolute Gasteiger partial charge is 0.481 e. The molecule has 1 aromatic carbocycles. The van der Waals surface area contributed by atoms with Gasteiger partial charge in [0.25, 0.3) is 0 Å². The van der Waals surface area contributed by atoms with Crippen molar-refractivity contribution in [1.82, 2.24) is 5.32 Å². The van der Waals surface area contributed by atoms with Gasteiger partial charge in [0.1, 0.15) is 5.82 Å². The third-order valence-corrected chi connectivity index (χ3v) is 2.55. The number of amides is 1. The van der Waals surface area contributed by atoms with Gasteiger partial charge < -0.3 is 10.4 Å². The fraction of sp³-hybridized carbons (Fsp3) is 0.385. The fourth-order valence-electron chi connectivity index (χ4n) is 1.65. The fourth-order valence-corrected chi connectivity index (χ4v) is 1.65. The molecule has 1 rings (SSSR count). The number of aliphatic carboxylic acids is 1. The normalized spacial score (nSPS) is 10.2. The minimum Gasteiger partial charge on any atom is -0.481 e. The van der Waals surface area contributed by atoms with E-state index in [0.717, 1.165) is 5.56 Å². The number of benzene rings is 1. The molecule has 0 saturated heterocycles. The highest BCUT2D eigenvalue weighted by Crippen LogP contribution is 2.14. The van der Waals surface area contributed by atoms with Crippen LogP contribution in [-0.4, -0.2) is 17.0 Å². The standard InChI is InChI=1S/C13H16FNO3/c1-8-5-10(6-9(2)13(8)14)7-15-11(16)3-4-12(17)18/h5-6H,3-4,7H2,1-2H3,(H,15,16)(H,17,18). The Morgan fingerprint density at radius 1 is 1.22 bits per heavy atom. The van der Waals surface area contributed by atoms with E-state index in [4.69, 9.17) is 5.11 Å². The van der Waals surface area contributed by atoms with E-state index >= 15 is 0 Å². The molecule has 0 bridgehead atoms. The molecular formula is C13H16FNO3. The molecule has 0 aliphatic rings. The molecule has 4 nitrogen and oxygen atoms in total. The zero-order chi connectivity index (χ0) is 13.7. The number of carbonyl (C=O) groups excluding carboxylic acids is 1. The molecule has 98 valence electrons. The lowest BCUT2D eigenvalue weighted by Gasteiger charge is -2.08. The molecule has 0 atom stereocenters. The van der Waals surface area contributed by atoms with Crippen molar-refractivity contribution in [1.29, 1.82) is 0 Å². The Bertz CT molecular complexity index is 448. The molecule has 5 heteroatoms. The molecule has 0 unspecified atom stereocenters. The van der Waals surface area contributed by atoms with Crippen LogP contribution in [0.5, 0.6) is 0 Å². The van der Waals surface area contributed by atoms with Gasteiger partial charge in [-0.2, -0.15) is 0 Å². The summed E-state index contributed by atoms with van der Waals surface area (Å²) in [6.07, 6.45) is -0.234. The average Bonchev–Trinajstić information content (AvgIpc) is 2.30. The van der Waals surface area contributed by atoms with E-state index in [1.54, 1.807) is 26.0 Å². The van der Waals surface area contributed by atoms with Crippen molar-refractivity contribution in [2.75, 3.05) is 0 Å². The topological polar surface area (TPSA) is 66.4 Å². The minimum atomic E-state index is -1.00. The first-order valence-corrected chi connectivity index (χ1v) is 5.64. The third kappa shape index (κ3) is 4.16. The Morgan fingerprint density at radius 2 is 1.78 bits per heavy atom. The second-order valence-corrected chi connectivity index (χ2v) is 4.21. The first kappa shape index (κ1) is 14.2. The molecule has 1 aromatic rings. The van der Waals surface area contributed by atoms with Gasteiger partial charge in [-0.05, 0) is 30.5 Å². The van der Waals surface area contributed by atoms with Crippen LogP contribution in [0.4, 0.5) is 4.39 Å². The highest BCUT2D eigenvalue weighted by molar-refractivity contribution is 5.80. The maximum absolute atomic E-state index is 13.4. The van der Waals surface area contributed by atoms with Crippen LogP contribution in [0.1, 0.15) is 29.5 Å². The van der Waals surface area contributed by atoms with Gasteiger partial charge in [-0.3, -0.25) is 9.59 Å². The summed E-state index contributed by atoms with van der Waals surface area (Å²) in [5.74, 6) is -1.56. The number of carboxylic acids is 1. The third-order valence-electron chi connectivity index (χ3n) is 2.55. The quantitative estimate of drug-likeness (QED) is 0.842. The molecule has 1 amide bonds. The smallest absolute Gasteiger partial charge is 0.303 e. The molecule has 0 aliphatic carbocycles. The molecule has 18 heavy (non-hydrogen) atoms. The summed E-state index contributed by atoms with van der Waals surface area (Å²) in [5, 5.41) is 11.0. The SMILES string of the molecule is Cc1cc(CNC(=O)CCC(=O)O)cc(C)c1F. The zero-order valence-corrected chi connectivity index (χ0v) is 10.4. The zero-order valence-electron chi connectivity index (χ0n) is 10.4. The molecule has 0 aliphatic heterocycles. The van der Waals surface area contributed by atoms with Crippen LogP contribution in [-0.2, 0) is 16.1 Å². The average molecular weight is 253 g/mol. The minimum absolute atomic E-state index is 0.0471. The number of aryl methyl sites for hydroxylation is 2. The Morgan fingerprint density at radius 3 is 2.28 bits per heavy atom. The van der Waals surface area contributed by atoms with Crippen molar-refractivity contribution in [3.8, 4) is 0 Å². The summed E-state index contributed by atoms with van der Waals surface area (Å²) < 4.78 is 13.4. The Balaban J connectivity index is 2.53. The second-order valence-electron chi connectivity index (χ2n) is 4.21. The van der Waals surface area contributed by atoms with E-state index in [2.05, 4.69) is 5.32 Å². The summed E-state index contributed by atoms with van der Waals surface area (Å²) in [7, 11) is 0. The highest BCUT2D eigenvalue weighted by Gasteiger charge is 2.07. The number of carbonyl (C=O) groups is 2. The van der Waals surface area contributed by atoms with Crippen LogP contribution in [0.15, 0.2) is 12.1 Å². The molecule has 0 aromatic heterocycles. The van der Waals surface area contributed by atoms with Gasteiger partial charge in [0.15, 0.2) is 0 Å². The number of hydrogen-bond donors (Lipinski definition) is 2. The maximum atomic E-state index is 13.4. The lowest BCUT2D eigenvalue weighted by atomic mass is 10.1. The summed E-state index contributed by atoms with van der Waals surface area (Å²) in [6.45, 7) is 3.61. The predicted octanol–water partition coefficient (Wildman–Crippen LogP) is 1.92. The van der Waals surface area contributed by atoms with Crippen LogP contribution in [0, 0.1) is 19.7 Å². The van der Waals surface area contributed by atoms with Gasteiger partial charge >= 0.3 is 5.97 Å². The van der Waals surface area contributed by atoms with Crippen LogP contribution in [0.3, 0.4) is 0 Å². The number of rotatable bonds is 5. The number of nitrogens with one attached hydrogen (secondary N) is 1. The number of halogens is 1. The van der Waals surface area contributed by atoms with Crippen LogP contribution >= 0.6 is 0 Å². The molecule has 2 N–H and O–H groups in total. The molecule has 0 spiro atoms. The van der Waals surface area contributed by atoms with E-state index in [0.29, 0.717) is 11.1 Å². The van der Waals surface area contributed by atoms with E-state index in [9.17, 15) is 14.0 Å². The number of hydrogen-bond acceptors (Lipinski definition) is 2. The Hall–Kier alpha value is -1.91. The van der Waals surface area contributed by atoms with Crippen molar-refractivity contribution in [3.05, 3.63) is 34.6 Å². The van der Waals surface area contributed by atoms with Gasteiger partial charge in [0.05, 0.1) is 6.42 Å². The van der Waals surface area contributed by atoms with Crippen molar-refractivity contribution >= 4 is 11.9 Å². The van der Waals surface area contributed by atoms with E-state index in [-0.39, 0.29) is 31.1 Å². The van der Waals surface area contributed by atoms with Gasteiger partial charge in [0, 0.05) is 13.0 Å². The van der Waals surface area contributed by atoms with Gasteiger partial charge in [-0.1, -0.05) is 12.1 Å². The lowest BCUT2D eigenvalue weighted by molar-refractivity contribution is -0.138. The van der Waals surface area contributed by atoms with Gasteiger partial charge in [-0.25, -0.2) is 4.39 Å². The summed E-state index contributed by atoms with van der Waals surface area (Å²) in [4.78, 5) is 21.6. The Labute approximate surface area is 105 Å². The van der Waals surface area contributed by atoms with E-state index in [1.165, 1.54) is 0 Å². The molecule has 0 fully saturated rings. The van der Waals surface area contributed by atoms with Crippen molar-refractivity contribution in [3.63, 3.8) is 0 Å². The Kier molecular flexibility index (Phi) is 4.83. The maximum Gasteiger partial charge on any atom is 0.303 e. The molecule has 0 heterocycles. The summed E-state index contributed by atoms with van der Waals surface area (Å²) in [6, 6.07) is 3.33. The van der Waals surface area contributed by atoms with Crippen LogP contribution < -0.4 is 5.32 Å². The van der Waals surface area contributed by atoms with Gasteiger partial charge in [0.2, 0.25) is 5.91 Å². The van der Waals surface area contributed by atoms with E-state index < -0.39 is 5.97 Å². The first-order chi connectivity index (χ1) is 8.40. The number of carboxylic acid groups (broad SMARTS) is 1. The second kappa shape index (κ2) is 6.14. The highest BCUT2D eigenvalue weighted by atomic mass is 19.1. The van der Waals surface area contributed by atoms with Crippen molar-refractivity contribution < 1.29 is 19.1 Å². The molecule has 0 saturated carbocycles. The molecule has 0 radical (unpaired) electrons. The first-order valence-electron chi connectivity index (χ1n) is 5.64. The lowest BCUT2D eigenvalue weighted by Crippen LogP contribution is -2.23.